The zero-order valence-electron chi connectivity index (χ0n) is 17.2. The van der Waals surface area contributed by atoms with Gasteiger partial charge in [-0.3, -0.25) is 0 Å². The van der Waals surface area contributed by atoms with Crippen LogP contribution in [0.4, 0.5) is 8.78 Å². The standard InChI is InChI=1S/C23H22ClF2NO4S/c24-22-4-2-1-3-17(22)15-30-14-16-5-6-23-18(9-16)13-27(7-8-31-23)32(28,29)21-11-19(25)10-20(26)12-21/h2,4-6,9-12H,1,3,7-8,13-15H2. The Hall–Kier alpha value is -2.26. The molecule has 2 aromatic rings. The molecule has 1 aliphatic heterocycles. The van der Waals surface area contributed by atoms with E-state index < -0.39 is 26.6 Å². The van der Waals surface area contributed by atoms with Crippen LogP contribution in [0.25, 0.3) is 0 Å². The predicted molar refractivity (Wildman–Crippen MR) is 117 cm³/mol. The Balaban J connectivity index is 1.50. The molecule has 0 unspecified atom stereocenters. The van der Waals surface area contributed by atoms with Gasteiger partial charge in [-0.25, -0.2) is 17.2 Å². The maximum absolute atomic E-state index is 13.6. The number of ether oxygens (including phenoxy) is 2. The van der Waals surface area contributed by atoms with Gasteiger partial charge in [0.1, 0.15) is 24.0 Å². The quantitative estimate of drug-likeness (QED) is 0.588. The molecule has 0 amide bonds. The Morgan fingerprint density at radius 1 is 1.09 bits per heavy atom. The van der Waals surface area contributed by atoms with Crippen molar-refractivity contribution in [1.82, 2.24) is 4.31 Å². The highest BCUT2D eigenvalue weighted by Gasteiger charge is 2.28. The Bertz CT molecular complexity index is 1160. The minimum absolute atomic E-state index is 0.0193. The van der Waals surface area contributed by atoms with Crippen LogP contribution in [0.1, 0.15) is 24.0 Å². The number of hydrogen-bond acceptors (Lipinski definition) is 4. The van der Waals surface area contributed by atoms with E-state index in [1.165, 1.54) is 0 Å². The molecule has 0 atom stereocenters. The van der Waals surface area contributed by atoms with Crippen LogP contribution >= 0.6 is 11.6 Å². The summed E-state index contributed by atoms with van der Waals surface area (Å²) in [6.07, 6.45) is 5.70. The number of rotatable bonds is 6. The van der Waals surface area contributed by atoms with Crippen molar-refractivity contribution in [3.63, 3.8) is 0 Å². The maximum Gasteiger partial charge on any atom is 0.243 e. The van der Waals surface area contributed by atoms with Gasteiger partial charge in [-0.2, -0.15) is 4.31 Å². The van der Waals surface area contributed by atoms with Crippen molar-refractivity contribution >= 4 is 21.6 Å². The molecular formula is C23H22ClF2NO4S. The molecular weight excluding hydrogens is 460 g/mol. The summed E-state index contributed by atoms with van der Waals surface area (Å²) in [7, 11) is -4.11. The van der Waals surface area contributed by atoms with Crippen LogP contribution < -0.4 is 4.74 Å². The number of hydrogen-bond donors (Lipinski definition) is 0. The van der Waals surface area contributed by atoms with Crippen molar-refractivity contribution in [1.29, 1.82) is 0 Å². The van der Waals surface area contributed by atoms with Crippen LogP contribution in [-0.2, 0) is 27.9 Å². The minimum atomic E-state index is -4.11. The molecule has 0 aromatic heterocycles. The molecule has 0 spiro atoms. The summed E-state index contributed by atoms with van der Waals surface area (Å²) in [6.45, 7) is 0.946. The van der Waals surface area contributed by atoms with Gasteiger partial charge in [0.25, 0.3) is 0 Å². The molecule has 2 aliphatic rings. The van der Waals surface area contributed by atoms with E-state index in [-0.39, 0.29) is 19.7 Å². The molecule has 0 saturated heterocycles. The van der Waals surface area contributed by atoms with Gasteiger partial charge in [0.05, 0.1) is 18.1 Å². The van der Waals surface area contributed by atoms with E-state index in [4.69, 9.17) is 21.1 Å². The van der Waals surface area contributed by atoms with Crippen molar-refractivity contribution in [2.75, 3.05) is 19.8 Å². The van der Waals surface area contributed by atoms with Crippen molar-refractivity contribution in [3.8, 4) is 5.75 Å². The van der Waals surface area contributed by atoms with Crippen LogP contribution in [0.3, 0.4) is 0 Å². The van der Waals surface area contributed by atoms with Gasteiger partial charge in [0, 0.05) is 29.8 Å². The number of benzene rings is 2. The number of fused-ring (bicyclic) bond motifs is 1. The molecule has 0 bridgehead atoms. The topological polar surface area (TPSA) is 55.8 Å². The van der Waals surface area contributed by atoms with Crippen LogP contribution in [0.15, 0.2) is 64.1 Å². The third-order valence-electron chi connectivity index (χ3n) is 5.30. The predicted octanol–water partition coefficient (Wildman–Crippen LogP) is 4.91. The summed E-state index contributed by atoms with van der Waals surface area (Å²) >= 11 is 6.19. The van der Waals surface area contributed by atoms with Gasteiger partial charge in [-0.15, -0.1) is 0 Å². The normalized spacial score (nSPS) is 17.1. The average molecular weight is 482 g/mol. The second kappa shape index (κ2) is 9.70. The molecule has 2 aromatic carbocycles. The summed E-state index contributed by atoms with van der Waals surface area (Å²) in [6, 6.07) is 7.74. The van der Waals surface area contributed by atoms with Gasteiger partial charge < -0.3 is 9.47 Å². The third kappa shape index (κ3) is 5.20. The highest BCUT2D eigenvalue weighted by molar-refractivity contribution is 7.89. The van der Waals surface area contributed by atoms with E-state index >= 15 is 0 Å². The smallest absolute Gasteiger partial charge is 0.243 e. The first-order chi connectivity index (χ1) is 15.3. The van der Waals surface area contributed by atoms with Crippen molar-refractivity contribution in [2.24, 2.45) is 0 Å². The molecule has 5 nitrogen and oxygen atoms in total. The summed E-state index contributed by atoms with van der Waals surface area (Å²) in [5.41, 5.74) is 2.56. The fraction of sp³-hybridized carbons (Fsp3) is 0.304. The number of allylic oxidation sites excluding steroid dienone is 3. The Kier molecular flexibility index (Phi) is 6.95. The highest BCUT2D eigenvalue weighted by atomic mass is 35.5. The van der Waals surface area contributed by atoms with Crippen LogP contribution in [0.5, 0.6) is 5.75 Å². The number of sulfonamides is 1. The van der Waals surface area contributed by atoms with E-state index in [1.807, 2.05) is 24.3 Å². The van der Waals surface area contributed by atoms with E-state index in [1.54, 1.807) is 6.07 Å². The summed E-state index contributed by atoms with van der Waals surface area (Å²) < 4.78 is 65.9. The van der Waals surface area contributed by atoms with Crippen LogP contribution in [0, 0.1) is 11.6 Å². The molecule has 0 N–H and O–H groups in total. The molecule has 0 saturated carbocycles. The second-order valence-electron chi connectivity index (χ2n) is 7.62. The molecule has 170 valence electrons. The van der Waals surface area contributed by atoms with Crippen molar-refractivity contribution in [2.45, 2.75) is 30.9 Å². The monoisotopic (exact) mass is 481 g/mol. The lowest BCUT2D eigenvalue weighted by Gasteiger charge is -2.20. The van der Waals surface area contributed by atoms with E-state index in [0.717, 1.165) is 40.4 Å². The van der Waals surface area contributed by atoms with Crippen LogP contribution in [0.2, 0.25) is 0 Å². The molecule has 0 fully saturated rings. The number of nitrogens with zero attached hydrogens (tertiary/aromatic N) is 1. The van der Waals surface area contributed by atoms with Gasteiger partial charge >= 0.3 is 0 Å². The molecule has 1 aliphatic carbocycles. The molecule has 1 heterocycles. The largest absolute Gasteiger partial charge is 0.492 e. The molecule has 32 heavy (non-hydrogen) atoms. The second-order valence-corrected chi connectivity index (χ2v) is 9.96. The first-order valence-corrected chi connectivity index (χ1v) is 12.0. The lowest BCUT2D eigenvalue weighted by Crippen LogP contribution is -2.32. The Labute approximate surface area is 190 Å². The van der Waals surface area contributed by atoms with E-state index in [2.05, 4.69) is 0 Å². The fourth-order valence-electron chi connectivity index (χ4n) is 3.66. The summed E-state index contributed by atoms with van der Waals surface area (Å²) in [4.78, 5) is -0.426. The Morgan fingerprint density at radius 3 is 2.62 bits per heavy atom. The minimum Gasteiger partial charge on any atom is -0.492 e. The SMILES string of the molecule is O=S(=O)(c1cc(F)cc(F)c1)N1CCOc2ccc(COCC3=C(Cl)C=CCC3)cc2C1. The lowest BCUT2D eigenvalue weighted by atomic mass is 10.1. The molecule has 9 heteroatoms. The van der Waals surface area contributed by atoms with E-state index in [9.17, 15) is 17.2 Å². The first-order valence-electron chi connectivity index (χ1n) is 10.2. The molecule has 4 rings (SSSR count). The highest BCUT2D eigenvalue weighted by Crippen LogP contribution is 2.29. The zero-order chi connectivity index (χ0) is 22.7. The Morgan fingerprint density at radius 2 is 1.88 bits per heavy atom. The molecule has 0 radical (unpaired) electrons. The van der Waals surface area contributed by atoms with Gasteiger partial charge in [-0.05, 0) is 54.3 Å². The van der Waals surface area contributed by atoms with Gasteiger partial charge in [-0.1, -0.05) is 23.7 Å². The van der Waals surface area contributed by atoms with Crippen molar-refractivity contribution in [3.05, 3.63) is 81.9 Å². The zero-order valence-corrected chi connectivity index (χ0v) is 18.8. The average Bonchev–Trinajstić information content (AvgIpc) is 2.97. The summed E-state index contributed by atoms with van der Waals surface area (Å²) in [5.74, 6) is -1.32. The fourth-order valence-corrected chi connectivity index (χ4v) is 5.34. The first kappa shape index (κ1) is 22.9. The van der Waals surface area contributed by atoms with E-state index in [0.29, 0.717) is 35.6 Å². The maximum atomic E-state index is 13.6. The number of halogens is 3. The third-order valence-corrected chi connectivity index (χ3v) is 7.52. The van der Waals surface area contributed by atoms with Gasteiger partial charge in [0.15, 0.2) is 0 Å². The summed E-state index contributed by atoms with van der Waals surface area (Å²) in [5, 5.41) is 0.709. The van der Waals surface area contributed by atoms with Gasteiger partial charge in [0.2, 0.25) is 10.0 Å². The van der Waals surface area contributed by atoms with Crippen molar-refractivity contribution < 1.29 is 26.7 Å². The lowest BCUT2D eigenvalue weighted by molar-refractivity contribution is 0.140. The van der Waals surface area contributed by atoms with Crippen LogP contribution in [-0.4, -0.2) is 32.5 Å².